The third-order valence-electron chi connectivity index (χ3n) is 2.81. The van der Waals surface area contributed by atoms with Gasteiger partial charge in [-0.2, -0.15) is 13.1 Å². The first-order chi connectivity index (χ1) is 7.09. The molecule has 0 aromatic carbocycles. The van der Waals surface area contributed by atoms with Crippen LogP contribution in [0.3, 0.4) is 0 Å². The van der Waals surface area contributed by atoms with Crippen LogP contribution in [-0.4, -0.2) is 27.5 Å². The molecule has 0 heterocycles. The van der Waals surface area contributed by atoms with E-state index in [2.05, 4.69) is 9.44 Å². The second-order valence-electron chi connectivity index (χ2n) is 4.05. The third kappa shape index (κ3) is 4.06. The molecule has 0 bridgehead atoms. The van der Waals surface area contributed by atoms with Crippen molar-refractivity contribution in [3.63, 3.8) is 0 Å². The van der Waals surface area contributed by atoms with Crippen LogP contribution in [0.25, 0.3) is 0 Å². The molecule has 6 heteroatoms. The smallest absolute Gasteiger partial charge is 0.277 e. The minimum atomic E-state index is -3.33. The Morgan fingerprint density at radius 1 is 1.40 bits per heavy atom. The van der Waals surface area contributed by atoms with Gasteiger partial charge in [0.25, 0.3) is 10.2 Å². The van der Waals surface area contributed by atoms with Crippen LogP contribution < -0.4 is 15.2 Å². The van der Waals surface area contributed by atoms with Crippen LogP contribution in [0.1, 0.15) is 32.6 Å². The molecule has 0 aromatic rings. The summed E-state index contributed by atoms with van der Waals surface area (Å²) in [5, 5.41) is 0. The Morgan fingerprint density at radius 2 is 2.13 bits per heavy atom. The summed E-state index contributed by atoms with van der Waals surface area (Å²) in [6.07, 6.45) is 3.78. The molecule has 90 valence electrons. The maximum atomic E-state index is 11.5. The highest BCUT2D eigenvalue weighted by Crippen LogP contribution is 2.24. The quantitative estimate of drug-likeness (QED) is 0.603. The zero-order valence-electron chi connectivity index (χ0n) is 9.20. The third-order valence-corrected chi connectivity index (χ3v) is 4.01. The van der Waals surface area contributed by atoms with Crippen molar-refractivity contribution in [3.8, 4) is 0 Å². The Kier molecular flexibility index (Phi) is 4.98. The summed E-state index contributed by atoms with van der Waals surface area (Å²) < 4.78 is 28.3. The van der Waals surface area contributed by atoms with Crippen LogP contribution in [0.15, 0.2) is 0 Å². The lowest BCUT2D eigenvalue weighted by Crippen LogP contribution is -2.45. The van der Waals surface area contributed by atoms with Gasteiger partial charge in [0.15, 0.2) is 0 Å². The normalized spacial score (nSPS) is 27.1. The van der Waals surface area contributed by atoms with Crippen molar-refractivity contribution >= 4 is 10.2 Å². The molecule has 1 fully saturated rings. The molecule has 5 nitrogen and oxygen atoms in total. The molecular formula is C9H21N3O2S. The minimum Gasteiger partial charge on any atom is -0.330 e. The van der Waals surface area contributed by atoms with Crippen molar-refractivity contribution in [2.75, 3.05) is 13.1 Å². The predicted octanol–water partition coefficient (Wildman–Crippen LogP) is -0.0522. The Hall–Kier alpha value is -0.170. The SMILES string of the molecule is CCCNS(=O)(=O)NC1CCCC1CN. The van der Waals surface area contributed by atoms with E-state index < -0.39 is 10.2 Å². The lowest BCUT2D eigenvalue weighted by Gasteiger charge is -2.19. The van der Waals surface area contributed by atoms with E-state index >= 15 is 0 Å². The largest absolute Gasteiger partial charge is 0.330 e. The predicted molar refractivity (Wildman–Crippen MR) is 60.5 cm³/mol. The second-order valence-corrected chi connectivity index (χ2v) is 5.58. The number of hydrogen-bond donors (Lipinski definition) is 3. The summed E-state index contributed by atoms with van der Waals surface area (Å²) >= 11 is 0. The van der Waals surface area contributed by atoms with Crippen molar-refractivity contribution in [1.82, 2.24) is 9.44 Å². The molecule has 0 aliphatic heterocycles. The molecule has 0 amide bonds. The van der Waals surface area contributed by atoms with Gasteiger partial charge in [0.05, 0.1) is 0 Å². The summed E-state index contributed by atoms with van der Waals surface area (Å²) in [6.45, 7) is 2.97. The molecule has 1 aliphatic rings. The van der Waals surface area contributed by atoms with Crippen molar-refractivity contribution in [2.45, 2.75) is 38.6 Å². The zero-order chi connectivity index (χ0) is 11.3. The fourth-order valence-electron chi connectivity index (χ4n) is 1.95. The number of nitrogens with two attached hydrogens (primary N) is 1. The zero-order valence-corrected chi connectivity index (χ0v) is 10.0. The van der Waals surface area contributed by atoms with Gasteiger partial charge in [0.2, 0.25) is 0 Å². The maximum absolute atomic E-state index is 11.5. The summed E-state index contributed by atoms with van der Waals surface area (Å²) in [7, 11) is -3.33. The van der Waals surface area contributed by atoms with Gasteiger partial charge in [-0.25, -0.2) is 4.72 Å². The second kappa shape index (κ2) is 5.79. The first-order valence-electron chi connectivity index (χ1n) is 5.56. The molecule has 2 unspecified atom stereocenters. The number of rotatable bonds is 6. The van der Waals surface area contributed by atoms with Crippen LogP contribution in [0, 0.1) is 5.92 Å². The van der Waals surface area contributed by atoms with E-state index in [4.69, 9.17) is 5.73 Å². The van der Waals surface area contributed by atoms with E-state index in [0.717, 1.165) is 25.7 Å². The minimum absolute atomic E-state index is 0.0179. The van der Waals surface area contributed by atoms with Crippen molar-refractivity contribution in [1.29, 1.82) is 0 Å². The van der Waals surface area contributed by atoms with Crippen molar-refractivity contribution < 1.29 is 8.42 Å². The van der Waals surface area contributed by atoms with Gasteiger partial charge in [-0.15, -0.1) is 0 Å². The standard InChI is InChI=1S/C9H21N3O2S/c1-2-6-11-15(13,14)12-9-5-3-4-8(9)7-10/h8-9,11-12H,2-7,10H2,1H3. The van der Waals surface area contributed by atoms with Crippen LogP contribution in [0.4, 0.5) is 0 Å². The van der Waals surface area contributed by atoms with Crippen molar-refractivity contribution in [2.24, 2.45) is 11.7 Å². The Bertz CT molecular complexity index is 279. The highest BCUT2D eigenvalue weighted by molar-refractivity contribution is 7.87. The number of hydrogen-bond acceptors (Lipinski definition) is 3. The highest BCUT2D eigenvalue weighted by atomic mass is 32.2. The topological polar surface area (TPSA) is 84.2 Å². The van der Waals surface area contributed by atoms with E-state index in [1.165, 1.54) is 0 Å². The summed E-state index contributed by atoms with van der Waals surface area (Å²) in [6, 6.07) is 0.0179. The van der Waals surface area contributed by atoms with Crippen LogP contribution in [-0.2, 0) is 10.2 Å². The first-order valence-corrected chi connectivity index (χ1v) is 7.04. The molecule has 1 aliphatic carbocycles. The number of nitrogens with one attached hydrogen (secondary N) is 2. The molecule has 1 saturated carbocycles. The highest BCUT2D eigenvalue weighted by Gasteiger charge is 2.29. The van der Waals surface area contributed by atoms with E-state index in [1.807, 2.05) is 6.92 Å². The first kappa shape index (κ1) is 12.9. The van der Waals surface area contributed by atoms with E-state index in [0.29, 0.717) is 19.0 Å². The maximum Gasteiger partial charge on any atom is 0.277 e. The fraction of sp³-hybridized carbons (Fsp3) is 1.00. The Morgan fingerprint density at radius 3 is 2.73 bits per heavy atom. The lowest BCUT2D eigenvalue weighted by molar-refractivity contribution is 0.449. The van der Waals surface area contributed by atoms with E-state index in [1.54, 1.807) is 0 Å². The van der Waals surface area contributed by atoms with Crippen LogP contribution in [0.2, 0.25) is 0 Å². The molecule has 4 N–H and O–H groups in total. The molecule has 0 radical (unpaired) electrons. The Balaban J connectivity index is 2.45. The average molecular weight is 235 g/mol. The van der Waals surface area contributed by atoms with Crippen LogP contribution in [0.5, 0.6) is 0 Å². The van der Waals surface area contributed by atoms with Crippen molar-refractivity contribution in [3.05, 3.63) is 0 Å². The van der Waals surface area contributed by atoms with Gasteiger partial charge in [0.1, 0.15) is 0 Å². The summed E-state index contributed by atoms with van der Waals surface area (Å²) in [5.41, 5.74) is 5.59. The molecular weight excluding hydrogens is 214 g/mol. The van der Waals surface area contributed by atoms with Gasteiger partial charge < -0.3 is 5.73 Å². The molecule has 1 rings (SSSR count). The lowest BCUT2D eigenvalue weighted by atomic mass is 10.1. The van der Waals surface area contributed by atoms with Gasteiger partial charge in [-0.1, -0.05) is 13.3 Å². The van der Waals surface area contributed by atoms with E-state index in [9.17, 15) is 8.42 Å². The van der Waals surface area contributed by atoms with Gasteiger partial charge in [0, 0.05) is 12.6 Å². The molecule has 0 saturated heterocycles. The van der Waals surface area contributed by atoms with E-state index in [-0.39, 0.29) is 6.04 Å². The summed E-state index contributed by atoms with van der Waals surface area (Å²) in [4.78, 5) is 0. The monoisotopic (exact) mass is 235 g/mol. The average Bonchev–Trinajstić information content (AvgIpc) is 2.61. The van der Waals surface area contributed by atoms with Crippen LogP contribution >= 0.6 is 0 Å². The van der Waals surface area contributed by atoms with Gasteiger partial charge in [-0.3, -0.25) is 0 Å². The summed E-state index contributed by atoms with van der Waals surface area (Å²) in [5.74, 6) is 0.295. The Labute approximate surface area is 92.0 Å². The molecule has 2 atom stereocenters. The van der Waals surface area contributed by atoms with Gasteiger partial charge >= 0.3 is 0 Å². The fourth-order valence-corrected chi connectivity index (χ4v) is 3.22. The molecule has 15 heavy (non-hydrogen) atoms. The molecule has 0 spiro atoms. The van der Waals surface area contributed by atoms with Gasteiger partial charge in [-0.05, 0) is 31.7 Å². The molecule has 0 aromatic heterocycles.